The van der Waals surface area contributed by atoms with Crippen LogP contribution in [0, 0.1) is 5.92 Å². The number of rotatable bonds is 5. The maximum Gasteiger partial charge on any atom is 0.211 e. The lowest BCUT2D eigenvalue weighted by Gasteiger charge is -2.32. The van der Waals surface area contributed by atoms with E-state index in [2.05, 4.69) is 16.8 Å². The minimum atomic E-state index is -3.05. The second-order valence-corrected chi connectivity index (χ2v) is 8.22. The van der Waals surface area contributed by atoms with Gasteiger partial charge in [-0.1, -0.05) is 0 Å². The van der Waals surface area contributed by atoms with Crippen LogP contribution < -0.4 is 5.73 Å². The molecule has 108 valence electrons. The molecule has 0 aromatic carbocycles. The van der Waals surface area contributed by atoms with Crippen molar-refractivity contribution >= 4 is 21.4 Å². The van der Waals surface area contributed by atoms with Gasteiger partial charge in [-0.25, -0.2) is 12.7 Å². The molecule has 0 saturated carbocycles. The zero-order valence-corrected chi connectivity index (χ0v) is 12.9. The standard InChI is InChI=1S/C13H22N2O2S2/c1-19(16,17)15-5-2-3-11(9-15)7-13(14)8-12-4-6-18-10-12/h4,6,10-11,13H,2-3,5,7-9,14H2,1H3. The number of piperidine rings is 1. The van der Waals surface area contributed by atoms with Gasteiger partial charge in [0.25, 0.3) is 0 Å². The minimum absolute atomic E-state index is 0.124. The Balaban J connectivity index is 1.85. The highest BCUT2D eigenvalue weighted by Crippen LogP contribution is 2.23. The monoisotopic (exact) mass is 302 g/mol. The van der Waals surface area contributed by atoms with Crippen LogP contribution in [0.2, 0.25) is 0 Å². The fourth-order valence-electron chi connectivity index (χ4n) is 2.74. The first-order chi connectivity index (χ1) is 8.95. The molecule has 4 nitrogen and oxygen atoms in total. The molecule has 1 fully saturated rings. The van der Waals surface area contributed by atoms with Gasteiger partial charge in [-0.15, -0.1) is 0 Å². The zero-order chi connectivity index (χ0) is 13.9. The van der Waals surface area contributed by atoms with E-state index >= 15 is 0 Å². The number of thiophene rings is 1. The average Bonchev–Trinajstić information content (AvgIpc) is 2.80. The first-order valence-corrected chi connectivity index (χ1v) is 9.46. The number of hydrogen-bond acceptors (Lipinski definition) is 4. The topological polar surface area (TPSA) is 63.4 Å². The third kappa shape index (κ3) is 4.56. The molecule has 2 atom stereocenters. The highest BCUT2D eigenvalue weighted by Gasteiger charge is 2.26. The summed E-state index contributed by atoms with van der Waals surface area (Å²) in [6, 6.07) is 2.23. The van der Waals surface area contributed by atoms with E-state index in [9.17, 15) is 8.42 Å². The van der Waals surface area contributed by atoms with Crippen molar-refractivity contribution in [2.75, 3.05) is 19.3 Å². The van der Waals surface area contributed by atoms with Gasteiger partial charge in [0.15, 0.2) is 0 Å². The molecule has 0 radical (unpaired) electrons. The number of nitrogens with two attached hydrogens (primary N) is 1. The fraction of sp³-hybridized carbons (Fsp3) is 0.692. The molecule has 2 rings (SSSR count). The second kappa shape index (κ2) is 6.35. The Labute approximate surface area is 119 Å². The van der Waals surface area contributed by atoms with Crippen molar-refractivity contribution in [3.05, 3.63) is 22.4 Å². The van der Waals surface area contributed by atoms with Crippen LogP contribution in [0.5, 0.6) is 0 Å². The molecular formula is C13H22N2O2S2. The second-order valence-electron chi connectivity index (χ2n) is 5.46. The van der Waals surface area contributed by atoms with Crippen molar-refractivity contribution in [2.45, 2.75) is 31.7 Å². The summed E-state index contributed by atoms with van der Waals surface area (Å²) in [6.45, 7) is 1.30. The Hall–Kier alpha value is -0.430. The maximum absolute atomic E-state index is 11.6. The van der Waals surface area contributed by atoms with Gasteiger partial charge in [0.1, 0.15) is 0 Å². The summed E-state index contributed by atoms with van der Waals surface area (Å²) >= 11 is 1.69. The average molecular weight is 302 g/mol. The summed E-state index contributed by atoms with van der Waals surface area (Å²) in [5, 5.41) is 4.19. The Morgan fingerprint density at radius 2 is 2.37 bits per heavy atom. The molecule has 0 aliphatic carbocycles. The molecule has 1 aromatic rings. The lowest BCUT2D eigenvalue weighted by molar-refractivity contribution is 0.246. The number of sulfonamides is 1. The van der Waals surface area contributed by atoms with E-state index in [0.717, 1.165) is 25.7 Å². The largest absolute Gasteiger partial charge is 0.327 e. The SMILES string of the molecule is CS(=O)(=O)N1CCCC(CC(N)Cc2ccsc2)C1. The maximum atomic E-state index is 11.6. The molecule has 0 amide bonds. The van der Waals surface area contributed by atoms with Crippen molar-refractivity contribution in [3.63, 3.8) is 0 Å². The summed E-state index contributed by atoms with van der Waals surface area (Å²) in [7, 11) is -3.05. The molecule has 1 saturated heterocycles. The normalized spacial score (nSPS) is 23.4. The van der Waals surface area contributed by atoms with Crippen LogP contribution in [0.4, 0.5) is 0 Å². The lowest BCUT2D eigenvalue weighted by Crippen LogP contribution is -2.41. The number of nitrogens with zero attached hydrogens (tertiary/aromatic N) is 1. The van der Waals surface area contributed by atoms with Crippen molar-refractivity contribution < 1.29 is 8.42 Å². The van der Waals surface area contributed by atoms with Crippen molar-refractivity contribution in [1.82, 2.24) is 4.31 Å². The van der Waals surface area contributed by atoms with Crippen LogP contribution in [-0.4, -0.2) is 38.1 Å². The Bertz CT molecular complexity index is 485. The van der Waals surface area contributed by atoms with Crippen LogP contribution in [0.3, 0.4) is 0 Å². The van der Waals surface area contributed by atoms with E-state index in [-0.39, 0.29) is 6.04 Å². The molecule has 0 bridgehead atoms. The van der Waals surface area contributed by atoms with Crippen LogP contribution in [0.15, 0.2) is 16.8 Å². The highest BCUT2D eigenvalue weighted by atomic mass is 32.2. The third-order valence-electron chi connectivity index (χ3n) is 3.66. The van der Waals surface area contributed by atoms with Crippen LogP contribution in [0.25, 0.3) is 0 Å². The van der Waals surface area contributed by atoms with Gasteiger partial charge in [-0.2, -0.15) is 11.3 Å². The number of hydrogen-bond donors (Lipinski definition) is 1. The fourth-order valence-corrected chi connectivity index (χ4v) is 4.37. The molecule has 1 aromatic heterocycles. The van der Waals surface area contributed by atoms with E-state index in [1.807, 2.05) is 0 Å². The molecular weight excluding hydrogens is 280 g/mol. The molecule has 1 aliphatic rings. The quantitative estimate of drug-likeness (QED) is 0.900. The van der Waals surface area contributed by atoms with Crippen LogP contribution in [-0.2, 0) is 16.4 Å². The zero-order valence-electron chi connectivity index (χ0n) is 11.3. The predicted octanol–water partition coefficient (Wildman–Crippen LogP) is 1.68. The molecule has 6 heteroatoms. The van der Waals surface area contributed by atoms with Crippen LogP contribution in [0.1, 0.15) is 24.8 Å². The van der Waals surface area contributed by atoms with Gasteiger partial charge < -0.3 is 5.73 Å². The van der Waals surface area contributed by atoms with Crippen molar-refractivity contribution in [2.24, 2.45) is 11.7 Å². The van der Waals surface area contributed by atoms with E-state index < -0.39 is 10.0 Å². The summed E-state index contributed by atoms with van der Waals surface area (Å²) in [4.78, 5) is 0. The van der Waals surface area contributed by atoms with Crippen LogP contribution >= 0.6 is 11.3 Å². The van der Waals surface area contributed by atoms with Gasteiger partial charge in [-0.3, -0.25) is 0 Å². The van der Waals surface area contributed by atoms with E-state index in [1.165, 1.54) is 11.8 Å². The minimum Gasteiger partial charge on any atom is -0.327 e. The Morgan fingerprint density at radius 1 is 1.58 bits per heavy atom. The van der Waals surface area contributed by atoms with E-state index in [1.54, 1.807) is 15.6 Å². The van der Waals surface area contributed by atoms with E-state index in [4.69, 9.17) is 5.73 Å². The highest BCUT2D eigenvalue weighted by molar-refractivity contribution is 7.88. The van der Waals surface area contributed by atoms with Gasteiger partial charge in [-0.05, 0) is 54.0 Å². The Morgan fingerprint density at radius 3 is 3.00 bits per heavy atom. The third-order valence-corrected chi connectivity index (χ3v) is 5.67. The molecule has 0 spiro atoms. The lowest BCUT2D eigenvalue weighted by atomic mass is 9.91. The van der Waals surface area contributed by atoms with Gasteiger partial charge in [0.05, 0.1) is 6.26 Å². The molecule has 2 heterocycles. The summed E-state index contributed by atoms with van der Waals surface area (Å²) < 4.78 is 24.7. The smallest absolute Gasteiger partial charge is 0.211 e. The molecule has 2 unspecified atom stereocenters. The van der Waals surface area contributed by atoms with Crippen molar-refractivity contribution in [1.29, 1.82) is 0 Å². The van der Waals surface area contributed by atoms with Gasteiger partial charge in [0.2, 0.25) is 10.0 Å². The van der Waals surface area contributed by atoms with Crippen molar-refractivity contribution in [3.8, 4) is 0 Å². The first kappa shape index (κ1) is 15.0. The summed E-state index contributed by atoms with van der Waals surface area (Å²) in [5.74, 6) is 0.400. The summed E-state index contributed by atoms with van der Waals surface area (Å²) in [5.41, 5.74) is 7.47. The molecule has 2 N–H and O–H groups in total. The van der Waals surface area contributed by atoms with Gasteiger partial charge >= 0.3 is 0 Å². The summed E-state index contributed by atoms with van der Waals surface area (Å²) in [6.07, 6.45) is 5.12. The first-order valence-electron chi connectivity index (χ1n) is 6.67. The molecule has 1 aliphatic heterocycles. The van der Waals surface area contributed by atoms with E-state index in [0.29, 0.717) is 19.0 Å². The molecule has 19 heavy (non-hydrogen) atoms. The van der Waals surface area contributed by atoms with Gasteiger partial charge in [0, 0.05) is 19.1 Å². The predicted molar refractivity (Wildman–Crippen MR) is 79.8 cm³/mol. The Kier molecular flexibility index (Phi) is 5.00.